The summed E-state index contributed by atoms with van der Waals surface area (Å²) in [4.78, 5) is 4.52. The highest BCUT2D eigenvalue weighted by molar-refractivity contribution is 5.79. The minimum atomic E-state index is 0.979. The highest BCUT2D eigenvalue weighted by atomic mass is 14.7. The Morgan fingerprint density at radius 3 is 1.52 bits per heavy atom. The lowest BCUT2D eigenvalue weighted by Gasteiger charge is -2.03. The van der Waals surface area contributed by atoms with Crippen molar-refractivity contribution in [2.24, 2.45) is 4.99 Å². The number of unbranched alkanes of at least 4 members (excludes halogenated alkanes) is 14. The fourth-order valence-electron chi connectivity index (χ4n) is 3.28. The average molecular weight is 344 g/mol. The van der Waals surface area contributed by atoms with Gasteiger partial charge in [-0.2, -0.15) is 0 Å². The molecule has 0 radical (unpaired) electrons. The number of hydrogen-bond acceptors (Lipinski definition) is 1. The van der Waals surface area contributed by atoms with E-state index in [0.717, 1.165) is 6.54 Å². The second-order valence-corrected chi connectivity index (χ2v) is 7.40. The van der Waals surface area contributed by atoms with Crippen LogP contribution < -0.4 is 0 Å². The quantitative estimate of drug-likeness (QED) is 0.201. The van der Waals surface area contributed by atoms with Gasteiger partial charge in [0.1, 0.15) is 0 Å². The molecule has 0 aliphatic heterocycles. The van der Waals surface area contributed by atoms with Crippen LogP contribution in [-0.4, -0.2) is 12.8 Å². The SMILES string of the molecule is CCCCCCCCCCCCCCCCCN=Cc1ccccc1. The van der Waals surface area contributed by atoms with Crippen LogP contribution in [-0.2, 0) is 0 Å². The predicted octanol–water partition coefficient (Wildman–Crippen LogP) is 7.98. The first-order valence-electron chi connectivity index (χ1n) is 11.0. The van der Waals surface area contributed by atoms with Crippen molar-refractivity contribution in [3.63, 3.8) is 0 Å². The van der Waals surface area contributed by atoms with Crippen LogP contribution in [0.2, 0.25) is 0 Å². The molecule has 1 aromatic carbocycles. The van der Waals surface area contributed by atoms with Gasteiger partial charge in [-0.25, -0.2) is 0 Å². The molecule has 0 aromatic heterocycles. The molecule has 0 atom stereocenters. The van der Waals surface area contributed by atoms with Crippen LogP contribution in [0, 0.1) is 0 Å². The Labute approximate surface area is 157 Å². The molecule has 0 bridgehead atoms. The minimum absolute atomic E-state index is 0.979. The van der Waals surface area contributed by atoms with Gasteiger partial charge in [0.05, 0.1) is 0 Å². The van der Waals surface area contributed by atoms with Gasteiger partial charge in [-0.15, -0.1) is 0 Å². The minimum Gasteiger partial charge on any atom is -0.293 e. The number of hydrogen-bond donors (Lipinski definition) is 0. The van der Waals surface area contributed by atoms with E-state index in [1.165, 1.54) is 102 Å². The first-order valence-corrected chi connectivity index (χ1v) is 11.0. The Morgan fingerprint density at radius 1 is 0.600 bits per heavy atom. The van der Waals surface area contributed by atoms with E-state index < -0.39 is 0 Å². The summed E-state index contributed by atoms with van der Waals surface area (Å²) in [5.41, 5.74) is 1.21. The van der Waals surface area contributed by atoms with Crippen molar-refractivity contribution in [3.05, 3.63) is 35.9 Å². The molecule has 0 fully saturated rings. The van der Waals surface area contributed by atoms with E-state index in [-0.39, 0.29) is 0 Å². The summed E-state index contributed by atoms with van der Waals surface area (Å²) < 4.78 is 0. The highest BCUT2D eigenvalue weighted by Crippen LogP contribution is 2.13. The zero-order valence-corrected chi connectivity index (χ0v) is 16.7. The second kappa shape index (κ2) is 17.7. The average Bonchev–Trinajstić information content (AvgIpc) is 2.65. The Bertz CT molecular complexity index is 396. The fourth-order valence-corrected chi connectivity index (χ4v) is 3.28. The molecule has 25 heavy (non-hydrogen) atoms. The molecule has 0 saturated carbocycles. The zero-order valence-electron chi connectivity index (χ0n) is 16.7. The van der Waals surface area contributed by atoms with Crippen LogP contribution in [0.5, 0.6) is 0 Å². The zero-order chi connectivity index (χ0) is 17.8. The second-order valence-electron chi connectivity index (χ2n) is 7.40. The number of nitrogens with zero attached hydrogens (tertiary/aromatic N) is 1. The van der Waals surface area contributed by atoms with E-state index in [4.69, 9.17) is 0 Å². The van der Waals surface area contributed by atoms with Gasteiger partial charge in [0, 0.05) is 12.8 Å². The van der Waals surface area contributed by atoms with Crippen LogP contribution in [0.3, 0.4) is 0 Å². The summed E-state index contributed by atoms with van der Waals surface area (Å²) in [5, 5.41) is 0. The summed E-state index contributed by atoms with van der Waals surface area (Å²) in [6, 6.07) is 10.4. The van der Waals surface area contributed by atoms with E-state index >= 15 is 0 Å². The monoisotopic (exact) mass is 343 g/mol. The van der Waals surface area contributed by atoms with Gasteiger partial charge in [-0.3, -0.25) is 4.99 Å². The fraction of sp³-hybridized carbons (Fsp3) is 0.708. The standard InChI is InChI=1S/C24H41N/c1-2-3-4-5-6-7-8-9-10-11-12-13-14-15-19-22-25-23-24-20-17-16-18-21-24/h16-18,20-21,23H,2-15,19,22H2,1H3. The van der Waals surface area contributed by atoms with E-state index in [2.05, 4.69) is 36.2 Å². The Morgan fingerprint density at radius 2 is 1.04 bits per heavy atom. The molecule has 0 N–H and O–H groups in total. The van der Waals surface area contributed by atoms with E-state index in [1.54, 1.807) is 0 Å². The molecule has 0 unspecified atom stereocenters. The van der Waals surface area contributed by atoms with Crippen LogP contribution in [0.15, 0.2) is 35.3 Å². The molecule has 1 rings (SSSR count). The van der Waals surface area contributed by atoms with Crippen molar-refractivity contribution >= 4 is 6.21 Å². The van der Waals surface area contributed by atoms with Crippen LogP contribution in [0.1, 0.15) is 109 Å². The third-order valence-electron chi connectivity index (χ3n) is 4.93. The Balaban J connectivity index is 1.74. The Hall–Kier alpha value is -1.11. The van der Waals surface area contributed by atoms with Gasteiger partial charge in [-0.05, 0) is 12.0 Å². The summed E-state index contributed by atoms with van der Waals surface area (Å²) in [6.07, 6.45) is 23.3. The van der Waals surface area contributed by atoms with Gasteiger partial charge in [0.25, 0.3) is 0 Å². The number of rotatable bonds is 17. The predicted molar refractivity (Wildman–Crippen MR) is 114 cm³/mol. The summed E-state index contributed by atoms with van der Waals surface area (Å²) in [6.45, 7) is 3.27. The smallest absolute Gasteiger partial charge is 0.0389 e. The molecule has 0 amide bonds. The lowest BCUT2D eigenvalue weighted by atomic mass is 10.0. The molecule has 0 heterocycles. The molecule has 1 aromatic rings. The molecular weight excluding hydrogens is 302 g/mol. The van der Waals surface area contributed by atoms with Crippen molar-refractivity contribution < 1.29 is 0 Å². The van der Waals surface area contributed by atoms with Gasteiger partial charge in [-0.1, -0.05) is 127 Å². The maximum absolute atomic E-state index is 4.52. The molecule has 0 spiro atoms. The molecule has 0 saturated heterocycles. The molecule has 142 valence electrons. The van der Waals surface area contributed by atoms with E-state index in [1.807, 2.05) is 12.3 Å². The maximum atomic E-state index is 4.52. The first kappa shape index (κ1) is 21.9. The topological polar surface area (TPSA) is 12.4 Å². The third-order valence-corrected chi connectivity index (χ3v) is 4.93. The van der Waals surface area contributed by atoms with Gasteiger partial charge in [0.2, 0.25) is 0 Å². The van der Waals surface area contributed by atoms with Crippen molar-refractivity contribution in [2.75, 3.05) is 6.54 Å². The molecule has 0 aliphatic carbocycles. The van der Waals surface area contributed by atoms with Gasteiger partial charge < -0.3 is 0 Å². The van der Waals surface area contributed by atoms with E-state index in [9.17, 15) is 0 Å². The van der Waals surface area contributed by atoms with Crippen LogP contribution in [0.25, 0.3) is 0 Å². The van der Waals surface area contributed by atoms with Crippen LogP contribution in [0.4, 0.5) is 0 Å². The first-order chi connectivity index (χ1) is 12.4. The van der Waals surface area contributed by atoms with Gasteiger partial charge in [0.15, 0.2) is 0 Å². The molecule has 0 aliphatic rings. The normalized spacial score (nSPS) is 11.4. The van der Waals surface area contributed by atoms with Crippen molar-refractivity contribution in [1.29, 1.82) is 0 Å². The molecular formula is C24H41N. The largest absolute Gasteiger partial charge is 0.293 e. The summed E-state index contributed by atoms with van der Waals surface area (Å²) in [7, 11) is 0. The van der Waals surface area contributed by atoms with Crippen molar-refractivity contribution in [1.82, 2.24) is 0 Å². The summed E-state index contributed by atoms with van der Waals surface area (Å²) >= 11 is 0. The molecule has 1 nitrogen and oxygen atoms in total. The molecule has 1 heteroatoms. The highest BCUT2D eigenvalue weighted by Gasteiger charge is 1.94. The summed E-state index contributed by atoms with van der Waals surface area (Å²) in [5.74, 6) is 0. The number of benzene rings is 1. The van der Waals surface area contributed by atoms with Crippen molar-refractivity contribution in [2.45, 2.75) is 103 Å². The van der Waals surface area contributed by atoms with Gasteiger partial charge >= 0.3 is 0 Å². The number of aliphatic imine (C=N–C) groups is 1. The Kier molecular flexibility index (Phi) is 15.5. The lowest BCUT2D eigenvalue weighted by Crippen LogP contribution is -1.86. The lowest BCUT2D eigenvalue weighted by molar-refractivity contribution is 0.533. The maximum Gasteiger partial charge on any atom is 0.0389 e. The van der Waals surface area contributed by atoms with E-state index in [0.29, 0.717) is 0 Å². The van der Waals surface area contributed by atoms with Crippen LogP contribution >= 0.6 is 0 Å². The van der Waals surface area contributed by atoms with Crippen molar-refractivity contribution in [3.8, 4) is 0 Å². The third kappa shape index (κ3) is 14.9.